The largest absolute Gasteiger partial charge is 0.348 e. The van der Waals surface area contributed by atoms with Gasteiger partial charge in [0.05, 0.1) is 10.0 Å². The Morgan fingerprint density at radius 3 is 2.53 bits per heavy atom. The number of amides is 1. The molecule has 0 aliphatic carbocycles. The summed E-state index contributed by atoms with van der Waals surface area (Å²) in [5, 5.41) is 4.02. The molecule has 0 spiro atoms. The normalized spacial score (nSPS) is 29.3. The first-order valence-electron chi connectivity index (χ1n) is 6.62. The van der Waals surface area contributed by atoms with Gasteiger partial charge in [0.25, 0.3) is 5.91 Å². The zero-order chi connectivity index (χ0) is 13.4. The maximum Gasteiger partial charge on any atom is 0.251 e. The number of nitrogens with one attached hydrogen (secondary N) is 1. The molecular formula is C14H16Cl2N2O. The zero-order valence-corrected chi connectivity index (χ0v) is 12.0. The van der Waals surface area contributed by atoms with Crippen LogP contribution < -0.4 is 5.32 Å². The summed E-state index contributed by atoms with van der Waals surface area (Å²) in [5.41, 5.74) is 0.575. The summed E-state index contributed by atoms with van der Waals surface area (Å²) < 4.78 is 0. The van der Waals surface area contributed by atoms with E-state index in [0.29, 0.717) is 21.5 Å². The molecule has 4 rings (SSSR count). The number of fused-ring (bicyclic) bond motifs is 3. The summed E-state index contributed by atoms with van der Waals surface area (Å²) in [6.45, 7) is 3.31. The van der Waals surface area contributed by atoms with Gasteiger partial charge < -0.3 is 10.2 Å². The second kappa shape index (κ2) is 5.31. The van der Waals surface area contributed by atoms with Crippen LogP contribution in [-0.4, -0.2) is 36.5 Å². The van der Waals surface area contributed by atoms with Crippen molar-refractivity contribution in [2.45, 2.75) is 18.9 Å². The quantitative estimate of drug-likeness (QED) is 0.911. The molecule has 1 N–H and O–H groups in total. The van der Waals surface area contributed by atoms with Gasteiger partial charge in [-0.15, -0.1) is 0 Å². The first-order valence-corrected chi connectivity index (χ1v) is 7.37. The molecule has 5 heteroatoms. The van der Waals surface area contributed by atoms with Crippen LogP contribution in [-0.2, 0) is 0 Å². The third-order valence-electron chi connectivity index (χ3n) is 4.15. The van der Waals surface area contributed by atoms with Crippen LogP contribution in [0.2, 0.25) is 10.0 Å². The number of rotatable bonds is 2. The first kappa shape index (κ1) is 13.2. The first-order chi connectivity index (χ1) is 9.13. The average molecular weight is 299 g/mol. The Morgan fingerprint density at radius 2 is 1.95 bits per heavy atom. The minimum Gasteiger partial charge on any atom is -0.348 e. The number of hydrogen-bond acceptors (Lipinski definition) is 2. The van der Waals surface area contributed by atoms with E-state index in [2.05, 4.69) is 10.2 Å². The lowest BCUT2D eigenvalue weighted by Gasteiger charge is -2.44. The fourth-order valence-electron chi connectivity index (χ4n) is 3.02. The molecule has 3 saturated heterocycles. The van der Waals surface area contributed by atoms with E-state index in [0.717, 1.165) is 6.54 Å². The van der Waals surface area contributed by atoms with Gasteiger partial charge in [-0.1, -0.05) is 23.2 Å². The molecule has 0 saturated carbocycles. The topological polar surface area (TPSA) is 32.3 Å². The third-order valence-corrected chi connectivity index (χ3v) is 4.89. The molecule has 0 aromatic heterocycles. The fourth-order valence-corrected chi connectivity index (χ4v) is 3.32. The van der Waals surface area contributed by atoms with E-state index in [1.54, 1.807) is 18.2 Å². The third kappa shape index (κ3) is 2.73. The van der Waals surface area contributed by atoms with Gasteiger partial charge in [0, 0.05) is 18.2 Å². The van der Waals surface area contributed by atoms with E-state index in [9.17, 15) is 4.79 Å². The second-order valence-corrected chi connectivity index (χ2v) is 6.16. The molecule has 2 bridgehead atoms. The highest BCUT2D eigenvalue weighted by Crippen LogP contribution is 2.28. The predicted molar refractivity (Wildman–Crippen MR) is 76.9 cm³/mol. The van der Waals surface area contributed by atoms with Gasteiger partial charge in [-0.25, -0.2) is 0 Å². The minimum absolute atomic E-state index is 0.0580. The van der Waals surface area contributed by atoms with Crippen molar-refractivity contribution in [2.75, 3.05) is 19.6 Å². The molecule has 3 nitrogen and oxygen atoms in total. The minimum atomic E-state index is -0.0580. The molecule has 3 aliphatic rings. The van der Waals surface area contributed by atoms with Crippen LogP contribution in [0.5, 0.6) is 0 Å². The van der Waals surface area contributed by atoms with Crippen molar-refractivity contribution in [3.8, 4) is 0 Å². The number of piperidine rings is 3. The molecule has 1 unspecified atom stereocenters. The lowest BCUT2D eigenvalue weighted by Crippen LogP contribution is -2.57. The highest BCUT2D eigenvalue weighted by atomic mass is 35.5. The number of carbonyl (C=O) groups excluding carboxylic acids is 1. The van der Waals surface area contributed by atoms with Crippen LogP contribution >= 0.6 is 23.2 Å². The number of hydrogen-bond donors (Lipinski definition) is 1. The van der Waals surface area contributed by atoms with Gasteiger partial charge in [0.15, 0.2) is 0 Å². The summed E-state index contributed by atoms with van der Waals surface area (Å²) >= 11 is 11.8. The van der Waals surface area contributed by atoms with E-state index in [4.69, 9.17) is 23.2 Å². The highest BCUT2D eigenvalue weighted by molar-refractivity contribution is 6.42. The van der Waals surface area contributed by atoms with E-state index in [1.807, 2.05) is 0 Å². The summed E-state index contributed by atoms with van der Waals surface area (Å²) in [5.74, 6) is 0.564. The smallest absolute Gasteiger partial charge is 0.251 e. The standard InChI is InChI=1S/C14H16Cl2N2O/c15-11-2-1-10(7-12(11)16)14(19)17-13-8-18-5-3-9(13)4-6-18/h1-2,7,9,13H,3-6,8H2,(H,17,19). The molecule has 102 valence electrons. The number of carbonyl (C=O) groups is 1. The second-order valence-electron chi connectivity index (χ2n) is 5.35. The predicted octanol–water partition coefficient (Wildman–Crippen LogP) is 2.82. The molecule has 1 aromatic rings. The Bertz CT molecular complexity index is 498. The molecule has 3 fully saturated rings. The van der Waals surface area contributed by atoms with Crippen molar-refractivity contribution in [3.05, 3.63) is 33.8 Å². The van der Waals surface area contributed by atoms with Crippen LogP contribution in [0.4, 0.5) is 0 Å². The molecule has 3 heterocycles. The van der Waals surface area contributed by atoms with Gasteiger partial charge in [-0.05, 0) is 50.0 Å². The van der Waals surface area contributed by atoms with Crippen LogP contribution in [0.1, 0.15) is 23.2 Å². The number of benzene rings is 1. The lowest BCUT2D eigenvalue weighted by atomic mass is 9.84. The average Bonchev–Trinajstić information content (AvgIpc) is 2.43. The van der Waals surface area contributed by atoms with Gasteiger partial charge in [0.2, 0.25) is 0 Å². The molecule has 19 heavy (non-hydrogen) atoms. The van der Waals surface area contributed by atoms with Crippen LogP contribution in [0.3, 0.4) is 0 Å². The van der Waals surface area contributed by atoms with Crippen molar-refractivity contribution in [2.24, 2.45) is 5.92 Å². The van der Waals surface area contributed by atoms with Crippen molar-refractivity contribution < 1.29 is 4.79 Å². The van der Waals surface area contributed by atoms with Gasteiger partial charge in [-0.2, -0.15) is 0 Å². The maximum atomic E-state index is 12.2. The summed E-state index contributed by atoms with van der Waals surface area (Å²) in [6.07, 6.45) is 2.37. The van der Waals surface area contributed by atoms with Gasteiger partial charge >= 0.3 is 0 Å². The zero-order valence-electron chi connectivity index (χ0n) is 10.5. The monoisotopic (exact) mass is 298 g/mol. The van der Waals surface area contributed by atoms with E-state index in [1.165, 1.54) is 25.9 Å². The molecule has 1 amide bonds. The van der Waals surface area contributed by atoms with Crippen LogP contribution in [0.15, 0.2) is 18.2 Å². The fraction of sp³-hybridized carbons (Fsp3) is 0.500. The number of nitrogens with zero attached hydrogens (tertiary/aromatic N) is 1. The Kier molecular flexibility index (Phi) is 3.70. The van der Waals surface area contributed by atoms with Crippen LogP contribution in [0.25, 0.3) is 0 Å². The molecule has 0 radical (unpaired) electrons. The van der Waals surface area contributed by atoms with Crippen LogP contribution in [0, 0.1) is 5.92 Å². The van der Waals surface area contributed by atoms with Crippen molar-refractivity contribution >= 4 is 29.1 Å². The SMILES string of the molecule is O=C(NC1CN2CCC1CC2)c1ccc(Cl)c(Cl)c1. The van der Waals surface area contributed by atoms with Gasteiger partial charge in [-0.3, -0.25) is 4.79 Å². The Morgan fingerprint density at radius 1 is 1.21 bits per heavy atom. The highest BCUT2D eigenvalue weighted by Gasteiger charge is 2.34. The van der Waals surface area contributed by atoms with E-state index in [-0.39, 0.29) is 11.9 Å². The van der Waals surface area contributed by atoms with Gasteiger partial charge in [0.1, 0.15) is 0 Å². The van der Waals surface area contributed by atoms with Crippen molar-refractivity contribution in [1.29, 1.82) is 0 Å². The van der Waals surface area contributed by atoms with E-state index < -0.39 is 0 Å². The summed E-state index contributed by atoms with van der Waals surface area (Å²) in [7, 11) is 0. The molecule has 3 aliphatic heterocycles. The van der Waals surface area contributed by atoms with Crippen molar-refractivity contribution in [3.63, 3.8) is 0 Å². The van der Waals surface area contributed by atoms with E-state index >= 15 is 0 Å². The molecular weight excluding hydrogens is 283 g/mol. The Labute approximate surface area is 122 Å². The molecule has 1 atom stereocenters. The Balaban J connectivity index is 1.69. The lowest BCUT2D eigenvalue weighted by molar-refractivity contribution is 0.0620. The summed E-state index contributed by atoms with van der Waals surface area (Å²) in [6, 6.07) is 5.27. The summed E-state index contributed by atoms with van der Waals surface area (Å²) in [4.78, 5) is 14.6. The Hall–Kier alpha value is -0.770. The molecule has 1 aromatic carbocycles. The maximum absolute atomic E-state index is 12.2. The number of halogens is 2. The van der Waals surface area contributed by atoms with Crippen molar-refractivity contribution in [1.82, 2.24) is 10.2 Å².